The largest absolute Gasteiger partial charge is 0.489 e. The number of aromatic nitrogens is 2. The van der Waals surface area contributed by atoms with Crippen LogP contribution in [-0.2, 0) is 6.42 Å². The van der Waals surface area contributed by atoms with Gasteiger partial charge in [0, 0.05) is 12.1 Å². The van der Waals surface area contributed by atoms with Crippen molar-refractivity contribution >= 4 is 17.4 Å². The summed E-state index contributed by atoms with van der Waals surface area (Å²) in [5, 5.41) is 3.65. The van der Waals surface area contributed by atoms with Gasteiger partial charge in [-0.05, 0) is 30.2 Å². The van der Waals surface area contributed by atoms with Gasteiger partial charge in [0.1, 0.15) is 12.1 Å². The SMILES string of the molecule is CCc1cc(Oc2ncnc(NC)c2OC)ccc1Cl. The highest BCUT2D eigenvalue weighted by molar-refractivity contribution is 6.31. The number of ether oxygens (including phenoxy) is 2. The highest BCUT2D eigenvalue weighted by Gasteiger charge is 2.13. The molecule has 0 unspecified atom stereocenters. The molecule has 0 fully saturated rings. The van der Waals surface area contributed by atoms with Gasteiger partial charge in [-0.3, -0.25) is 0 Å². The Morgan fingerprint density at radius 2 is 2.10 bits per heavy atom. The zero-order valence-electron chi connectivity index (χ0n) is 11.6. The molecule has 1 heterocycles. The number of nitrogens with zero attached hydrogens (tertiary/aromatic N) is 2. The van der Waals surface area contributed by atoms with Crippen molar-refractivity contribution in [3.8, 4) is 17.4 Å². The molecule has 20 heavy (non-hydrogen) atoms. The lowest BCUT2D eigenvalue weighted by atomic mass is 10.1. The third-order valence-corrected chi connectivity index (χ3v) is 3.19. The maximum atomic E-state index is 6.09. The van der Waals surface area contributed by atoms with Crippen LogP contribution in [-0.4, -0.2) is 24.1 Å². The molecule has 0 aliphatic carbocycles. The summed E-state index contributed by atoms with van der Waals surface area (Å²) >= 11 is 6.09. The van der Waals surface area contributed by atoms with Crippen LogP contribution in [0.5, 0.6) is 17.4 Å². The maximum absolute atomic E-state index is 6.09. The fraction of sp³-hybridized carbons (Fsp3) is 0.286. The Kier molecular flexibility index (Phi) is 4.63. The Hall–Kier alpha value is -2.01. The fourth-order valence-electron chi connectivity index (χ4n) is 1.79. The highest BCUT2D eigenvalue weighted by atomic mass is 35.5. The molecule has 0 saturated heterocycles. The average Bonchev–Trinajstić information content (AvgIpc) is 2.48. The van der Waals surface area contributed by atoms with Gasteiger partial charge < -0.3 is 14.8 Å². The molecule has 0 saturated carbocycles. The molecule has 6 heteroatoms. The Bertz CT molecular complexity index is 605. The summed E-state index contributed by atoms with van der Waals surface area (Å²) in [4.78, 5) is 8.17. The zero-order chi connectivity index (χ0) is 14.5. The second-order valence-corrected chi connectivity index (χ2v) is 4.43. The minimum Gasteiger partial charge on any atom is -0.489 e. The maximum Gasteiger partial charge on any atom is 0.268 e. The number of anilines is 1. The minimum absolute atomic E-state index is 0.358. The summed E-state index contributed by atoms with van der Waals surface area (Å²) in [6.07, 6.45) is 2.25. The van der Waals surface area contributed by atoms with Gasteiger partial charge in [-0.15, -0.1) is 0 Å². The van der Waals surface area contributed by atoms with E-state index in [0.29, 0.717) is 23.2 Å². The van der Waals surface area contributed by atoms with Crippen LogP contribution in [0.2, 0.25) is 5.02 Å². The molecule has 0 amide bonds. The average molecular weight is 294 g/mol. The normalized spacial score (nSPS) is 10.2. The number of methoxy groups -OCH3 is 1. The van der Waals surface area contributed by atoms with Crippen LogP contribution < -0.4 is 14.8 Å². The summed E-state index contributed by atoms with van der Waals surface area (Å²) in [5.41, 5.74) is 1.02. The molecular weight excluding hydrogens is 278 g/mol. The molecule has 1 aromatic carbocycles. The predicted molar refractivity (Wildman–Crippen MR) is 79.0 cm³/mol. The second-order valence-electron chi connectivity index (χ2n) is 4.02. The fourth-order valence-corrected chi connectivity index (χ4v) is 2.04. The van der Waals surface area contributed by atoms with Gasteiger partial charge in [0.15, 0.2) is 5.82 Å². The van der Waals surface area contributed by atoms with Crippen molar-refractivity contribution in [3.05, 3.63) is 35.1 Å². The smallest absolute Gasteiger partial charge is 0.268 e. The van der Waals surface area contributed by atoms with Crippen molar-refractivity contribution in [1.82, 2.24) is 9.97 Å². The molecule has 1 N–H and O–H groups in total. The van der Waals surface area contributed by atoms with E-state index in [1.54, 1.807) is 20.2 Å². The van der Waals surface area contributed by atoms with Crippen LogP contribution in [0.4, 0.5) is 5.82 Å². The molecule has 106 valence electrons. The number of hydrogen-bond acceptors (Lipinski definition) is 5. The summed E-state index contributed by atoms with van der Waals surface area (Å²) in [6, 6.07) is 5.49. The predicted octanol–water partition coefficient (Wildman–Crippen LogP) is 3.54. The van der Waals surface area contributed by atoms with Crippen LogP contribution in [0.15, 0.2) is 24.5 Å². The summed E-state index contributed by atoms with van der Waals surface area (Å²) in [6.45, 7) is 2.04. The van der Waals surface area contributed by atoms with E-state index >= 15 is 0 Å². The lowest BCUT2D eigenvalue weighted by Gasteiger charge is -2.12. The van der Waals surface area contributed by atoms with Crippen LogP contribution >= 0.6 is 11.6 Å². The van der Waals surface area contributed by atoms with Gasteiger partial charge in [-0.25, -0.2) is 4.98 Å². The molecule has 2 rings (SSSR count). The van der Waals surface area contributed by atoms with Gasteiger partial charge >= 0.3 is 0 Å². The molecule has 0 aliphatic rings. The van der Waals surface area contributed by atoms with Crippen molar-refractivity contribution in [2.45, 2.75) is 13.3 Å². The van der Waals surface area contributed by atoms with E-state index in [4.69, 9.17) is 21.1 Å². The van der Waals surface area contributed by atoms with E-state index in [0.717, 1.165) is 17.0 Å². The zero-order valence-corrected chi connectivity index (χ0v) is 12.4. The summed E-state index contributed by atoms with van der Waals surface area (Å²) in [7, 11) is 3.30. The van der Waals surface area contributed by atoms with Gasteiger partial charge in [-0.1, -0.05) is 18.5 Å². The van der Waals surface area contributed by atoms with Crippen molar-refractivity contribution in [2.24, 2.45) is 0 Å². The summed E-state index contributed by atoms with van der Waals surface area (Å²) in [5.74, 6) is 2.05. The first-order chi connectivity index (χ1) is 9.69. The third-order valence-electron chi connectivity index (χ3n) is 2.82. The number of hydrogen-bond donors (Lipinski definition) is 1. The van der Waals surface area contributed by atoms with Crippen molar-refractivity contribution < 1.29 is 9.47 Å². The molecule has 0 radical (unpaired) electrons. The Morgan fingerprint density at radius 1 is 1.30 bits per heavy atom. The van der Waals surface area contributed by atoms with E-state index in [1.165, 1.54) is 6.33 Å². The topological polar surface area (TPSA) is 56.3 Å². The molecule has 0 atom stereocenters. The number of aryl methyl sites for hydroxylation is 1. The lowest BCUT2D eigenvalue weighted by Crippen LogP contribution is -2.01. The van der Waals surface area contributed by atoms with Gasteiger partial charge in [0.05, 0.1) is 7.11 Å². The second kappa shape index (κ2) is 6.43. The lowest BCUT2D eigenvalue weighted by molar-refractivity contribution is 0.369. The van der Waals surface area contributed by atoms with Gasteiger partial charge in [0.2, 0.25) is 5.75 Å². The Morgan fingerprint density at radius 3 is 2.75 bits per heavy atom. The van der Waals surface area contributed by atoms with Crippen LogP contribution in [0.3, 0.4) is 0 Å². The first-order valence-corrected chi connectivity index (χ1v) is 6.60. The molecule has 0 aliphatic heterocycles. The van der Waals surface area contributed by atoms with Crippen LogP contribution in [0.25, 0.3) is 0 Å². The Labute approximate surface area is 122 Å². The highest BCUT2D eigenvalue weighted by Crippen LogP contribution is 2.34. The minimum atomic E-state index is 0.358. The number of rotatable bonds is 5. The van der Waals surface area contributed by atoms with E-state index < -0.39 is 0 Å². The van der Waals surface area contributed by atoms with Crippen molar-refractivity contribution in [3.63, 3.8) is 0 Å². The monoisotopic (exact) mass is 293 g/mol. The number of halogens is 1. The molecule has 0 spiro atoms. The molecule has 2 aromatic rings. The van der Waals surface area contributed by atoms with E-state index in [2.05, 4.69) is 15.3 Å². The standard InChI is InChI=1S/C14H16ClN3O2/c1-4-9-7-10(5-6-11(9)15)20-14-12(19-3)13(16-2)17-8-18-14/h5-8H,4H2,1-3H3,(H,16,17,18). The van der Waals surface area contributed by atoms with Crippen molar-refractivity contribution in [2.75, 3.05) is 19.5 Å². The Balaban J connectivity index is 2.34. The van der Waals surface area contributed by atoms with Gasteiger partial charge in [0.25, 0.3) is 5.88 Å². The first-order valence-electron chi connectivity index (χ1n) is 6.22. The van der Waals surface area contributed by atoms with Crippen LogP contribution in [0, 0.1) is 0 Å². The van der Waals surface area contributed by atoms with Gasteiger partial charge in [-0.2, -0.15) is 4.98 Å². The van der Waals surface area contributed by atoms with Crippen molar-refractivity contribution in [1.29, 1.82) is 0 Å². The number of nitrogens with one attached hydrogen (secondary N) is 1. The molecule has 1 aromatic heterocycles. The van der Waals surface area contributed by atoms with Crippen LogP contribution in [0.1, 0.15) is 12.5 Å². The number of benzene rings is 1. The molecule has 0 bridgehead atoms. The van der Waals surface area contributed by atoms with E-state index in [9.17, 15) is 0 Å². The molecular formula is C14H16ClN3O2. The molecule has 5 nitrogen and oxygen atoms in total. The third kappa shape index (κ3) is 2.93. The van der Waals surface area contributed by atoms with E-state index in [-0.39, 0.29) is 0 Å². The van der Waals surface area contributed by atoms with E-state index in [1.807, 2.05) is 19.1 Å². The summed E-state index contributed by atoms with van der Waals surface area (Å²) < 4.78 is 11.0. The quantitative estimate of drug-likeness (QED) is 0.914. The first kappa shape index (κ1) is 14.4.